The molecule has 0 atom stereocenters. The first kappa shape index (κ1) is 20.3. The van der Waals surface area contributed by atoms with E-state index >= 15 is 0 Å². The summed E-state index contributed by atoms with van der Waals surface area (Å²) in [5, 5.41) is 2.84. The number of methoxy groups -OCH3 is 2. The van der Waals surface area contributed by atoms with E-state index in [2.05, 4.69) is 10.3 Å². The number of aromatic nitrogens is 1. The largest absolute Gasteiger partial charge is 0.493 e. The average molecular weight is 396 g/mol. The number of ether oxygens (including phenoxy) is 2. The molecule has 7 heteroatoms. The molecule has 0 aliphatic rings. The summed E-state index contributed by atoms with van der Waals surface area (Å²) in [6, 6.07) is 12.2. The molecule has 0 spiro atoms. The van der Waals surface area contributed by atoms with E-state index in [9.17, 15) is 9.59 Å². The van der Waals surface area contributed by atoms with Crippen LogP contribution < -0.4 is 20.3 Å². The minimum atomic E-state index is -0.472. The van der Waals surface area contributed by atoms with Gasteiger partial charge in [0.1, 0.15) is 11.3 Å². The van der Waals surface area contributed by atoms with Crippen LogP contribution in [-0.4, -0.2) is 31.7 Å². The molecule has 7 nitrogen and oxygen atoms in total. The fourth-order valence-electron chi connectivity index (χ4n) is 2.98. The predicted octanol–water partition coefficient (Wildman–Crippen LogP) is 3.36. The molecular weight excluding hydrogens is 372 g/mol. The molecule has 2 N–H and O–H groups in total. The zero-order valence-corrected chi connectivity index (χ0v) is 16.9. The summed E-state index contributed by atoms with van der Waals surface area (Å²) in [5.41, 5.74) is 0.666. The van der Waals surface area contributed by atoms with Crippen molar-refractivity contribution in [3.63, 3.8) is 0 Å². The number of amides is 1. The number of nitrogens with one attached hydrogen (secondary N) is 2. The number of carbonyl (C=O) groups is 1. The van der Waals surface area contributed by atoms with E-state index in [1.165, 1.54) is 12.3 Å². The average Bonchev–Trinajstić information content (AvgIpc) is 3.26. The summed E-state index contributed by atoms with van der Waals surface area (Å²) in [7, 11) is 3.16. The molecule has 0 saturated heterocycles. The lowest BCUT2D eigenvalue weighted by molar-refractivity contribution is 0.0944. The van der Waals surface area contributed by atoms with Crippen molar-refractivity contribution in [3.05, 3.63) is 70.2 Å². The Hall–Kier alpha value is -3.48. The Bertz CT molecular complexity index is 1050. The number of carbonyl (C=O) groups excluding carboxylic acids is 1. The lowest BCUT2D eigenvalue weighted by Gasteiger charge is -2.26. The van der Waals surface area contributed by atoms with E-state index in [0.717, 1.165) is 5.56 Å². The van der Waals surface area contributed by atoms with Gasteiger partial charge in [0, 0.05) is 12.0 Å². The van der Waals surface area contributed by atoms with Crippen molar-refractivity contribution in [2.24, 2.45) is 0 Å². The van der Waals surface area contributed by atoms with Gasteiger partial charge in [-0.1, -0.05) is 19.9 Å². The third-order valence-corrected chi connectivity index (χ3v) is 4.80. The highest BCUT2D eigenvalue weighted by molar-refractivity contribution is 5.94. The Morgan fingerprint density at radius 2 is 1.86 bits per heavy atom. The maximum atomic E-state index is 12.6. The van der Waals surface area contributed by atoms with Gasteiger partial charge in [-0.05, 0) is 42.0 Å². The molecule has 0 aliphatic heterocycles. The van der Waals surface area contributed by atoms with Gasteiger partial charge in [-0.15, -0.1) is 0 Å². The van der Waals surface area contributed by atoms with Crippen LogP contribution in [0.2, 0.25) is 0 Å². The molecular formula is C22H24N2O5. The van der Waals surface area contributed by atoms with Crippen LogP contribution in [0.15, 0.2) is 57.9 Å². The monoisotopic (exact) mass is 396 g/mol. The summed E-state index contributed by atoms with van der Waals surface area (Å²) in [4.78, 5) is 27.6. The standard InChI is InChI=1S/C22H24N2O5/c1-22(2,14-7-10-18(27-3)19(12-14)28-4)13-23-20(25)15-8-9-16(24-21(15)26)17-6-5-11-29-17/h5-12H,13H2,1-4H3,(H,23,25)(H,24,26). The molecule has 2 heterocycles. The van der Waals surface area contributed by atoms with E-state index in [4.69, 9.17) is 13.9 Å². The van der Waals surface area contributed by atoms with Crippen LogP contribution >= 0.6 is 0 Å². The second-order valence-electron chi connectivity index (χ2n) is 7.23. The first-order valence-electron chi connectivity index (χ1n) is 9.13. The van der Waals surface area contributed by atoms with Gasteiger partial charge in [0.15, 0.2) is 11.5 Å². The van der Waals surface area contributed by atoms with Crippen LogP contribution in [0.3, 0.4) is 0 Å². The molecule has 3 rings (SSSR count). The SMILES string of the molecule is COc1ccc(C(C)(C)CNC(=O)c2ccc(-c3ccco3)[nH]c2=O)cc1OC. The molecule has 2 aromatic heterocycles. The van der Waals surface area contributed by atoms with Crippen molar-refractivity contribution in [2.75, 3.05) is 20.8 Å². The fraction of sp³-hybridized carbons (Fsp3) is 0.273. The van der Waals surface area contributed by atoms with E-state index in [1.807, 2.05) is 32.0 Å². The van der Waals surface area contributed by atoms with Crippen LogP contribution in [0, 0.1) is 0 Å². The molecule has 1 aromatic carbocycles. The third kappa shape index (κ3) is 4.34. The molecule has 0 bridgehead atoms. The normalized spacial score (nSPS) is 11.2. The van der Waals surface area contributed by atoms with Gasteiger partial charge in [-0.3, -0.25) is 9.59 Å². The van der Waals surface area contributed by atoms with Crippen LogP contribution in [-0.2, 0) is 5.41 Å². The van der Waals surface area contributed by atoms with Gasteiger partial charge in [0.05, 0.1) is 26.2 Å². The molecule has 3 aromatic rings. The Balaban J connectivity index is 1.73. The summed E-state index contributed by atoms with van der Waals surface area (Å²) < 4.78 is 15.9. The first-order chi connectivity index (χ1) is 13.9. The van der Waals surface area contributed by atoms with Gasteiger partial charge in [0.2, 0.25) is 0 Å². The Morgan fingerprint density at radius 3 is 2.48 bits per heavy atom. The van der Waals surface area contributed by atoms with Gasteiger partial charge in [-0.25, -0.2) is 0 Å². The number of hydrogen-bond donors (Lipinski definition) is 2. The second kappa shape index (κ2) is 8.26. The van der Waals surface area contributed by atoms with Gasteiger partial charge < -0.3 is 24.2 Å². The smallest absolute Gasteiger partial charge is 0.261 e. The molecule has 29 heavy (non-hydrogen) atoms. The fourth-order valence-corrected chi connectivity index (χ4v) is 2.98. The van der Waals surface area contributed by atoms with Gasteiger partial charge in [0.25, 0.3) is 11.5 Å². The number of H-pyrrole nitrogens is 1. The number of benzene rings is 1. The van der Waals surface area contributed by atoms with E-state index < -0.39 is 16.9 Å². The van der Waals surface area contributed by atoms with Crippen LogP contribution in [0.5, 0.6) is 11.5 Å². The van der Waals surface area contributed by atoms with Crippen molar-refractivity contribution in [2.45, 2.75) is 19.3 Å². The highest BCUT2D eigenvalue weighted by Gasteiger charge is 2.24. The summed E-state index contributed by atoms with van der Waals surface area (Å²) in [6.45, 7) is 4.33. The minimum Gasteiger partial charge on any atom is -0.493 e. The first-order valence-corrected chi connectivity index (χ1v) is 9.13. The molecule has 0 aliphatic carbocycles. The van der Waals surface area contributed by atoms with Gasteiger partial charge >= 0.3 is 0 Å². The number of aromatic amines is 1. The van der Waals surface area contributed by atoms with Crippen molar-refractivity contribution in [3.8, 4) is 23.0 Å². The van der Waals surface area contributed by atoms with Crippen molar-refractivity contribution >= 4 is 5.91 Å². The molecule has 1 amide bonds. The molecule has 0 unspecified atom stereocenters. The lowest BCUT2D eigenvalue weighted by Crippen LogP contribution is -2.38. The Labute approximate surface area is 168 Å². The lowest BCUT2D eigenvalue weighted by atomic mass is 9.84. The number of pyridine rings is 1. The van der Waals surface area contributed by atoms with Crippen molar-refractivity contribution in [1.82, 2.24) is 10.3 Å². The maximum Gasteiger partial charge on any atom is 0.261 e. The zero-order chi connectivity index (χ0) is 21.0. The van der Waals surface area contributed by atoms with Crippen LogP contribution in [0.1, 0.15) is 29.8 Å². The van der Waals surface area contributed by atoms with Crippen molar-refractivity contribution in [1.29, 1.82) is 0 Å². The third-order valence-electron chi connectivity index (χ3n) is 4.80. The maximum absolute atomic E-state index is 12.6. The van der Waals surface area contributed by atoms with Crippen LogP contribution in [0.4, 0.5) is 0 Å². The summed E-state index contributed by atoms with van der Waals surface area (Å²) in [6.07, 6.45) is 1.52. The summed E-state index contributed by atoms with van der Waals surface area (Å²) >= 11 is 0. The highest BCUT2D eigenvalue weighted by Crippen LogP contribution is 2.32. The number of hydrogen-bond acceptors (Lipinski definition) is 5. The topological polar surface area (TPSA) is 93.6 Å². The highest BCUT2D eigenvalue weighted by atomic mass is 16.5. The quantitative estimate of drug-likeness (QED) is 0.639. The minimum absolute atomic E-state index is 0.0448. The van der Waals surface area contributed by atoms with E-state index in [1.54, 1.807) is 32.4 Å². The molecule has 0 saturated carbocycles. The number of rotatable bonds is 7. The van der Waals surface area contributed by atoms with Gasteiger partial charge in [-0.2, -0.15) is 0 Å². The zero-order valence-electron chi connectivity index (χ0n) is 16.9. The second-order valence-corrected chi connectivity index (χ2v) is 7.23. The Kier molecular flexibility index (Phi) is 5.77. The predicted molar refractivity (Wildman–Crippen MR) is 110 cm³/mol. The summed E-state index contributed by atoms with van der Waals surface area (Å²) in [5.74, 6) is 1.35. The van der Waals surface area contributed by atoms with Crippen molar-refractivity contribution < 1.29 is 18.7 Å². The Morgan fingerprint density at radius 1 is 1.10 bits per heavy atom. The molecule has 152 valence electrons. The van der Waals surface area contributed by atoms with E-state index in [0.29, 0.717) is 29.5 Å². The molecule has 0 radical (unpaired) electrons. The molecule has 0 fully saturated rings. The van der Waals surface area contributed by atoms with E-state index in [-0.39, 0.29) is 5.56 Å². The van der Waals surface area contributed by atoms with Crippen LogP contribution in [0.25, 0.3) is 11.5 Å². The number of furan rings is 1.